The zero-order chi connectivity index (χ0) is 66.8. The summed E-state index contributed by atoms with van der Waals surface area (Å²) in [6.07, 6.45) is 0.810. The van der Waals surface area contributed by atoms with Crippen LogP contribution >= 0.6 is 11.3 Å². The maximum Gasteiger partial charge on any atom is 0.0633 e. The number of hydrogen-bond acceptors (Lipinski definition) is 2. The zero-order valence-electron chi connectivity index (χ0n) is 59.3. The van der Waals surface area contributed by atoms with Gasteiger partial charge in [0.1, 0.15) is 0 Å². The van der Waals surface area contributed by atoms with Crippen molar-refractivity contribution in [1.29, 1.82) is 0 Å². The Kier molecular flexibility index (Phi) is 14.4. The number of benzene rings is 11. The Balaban J connectivity index is 1.12. The molecular formula is C92H92N2S. The van der Waals surface area contributed by atoms with Crippen LogP contribution in [-0.2, 0) is 38.9 Å². The Bertz CT molecular complexity index is 5120. The molecule has 2 aliphatic rings. The van der Waals surface area contributed by atoms with Gasteiger partial charge in [0, 0.05) is 53.7 Å². The molecule has 2 nitrogen and oxygen atoms in total. The lowest BCUT2D eigenvalue weighted by Gasteiger charge is -2.43. The molecule has 0 bridgehead atoms. The molecule has 0 amide bonds. The molecular weight excluding hydrogens is 1170 g/mol. The van der Waals surface area contributed by atoms with E-state index < -0.39 is 0 Å². The third-order valence-corrected chi connectivity index (χ3v) is 22.1. The van der Waals surface area contributed by atoms with Gasteiger partial charge in [-0.05, 0) is 194 Å². The molecule has 95 heavy (non-hydrogen) atoms. The first-order valence-corrected chi connectivity index (χ1v) is 35.4. The van der Waals surface area contributed by atoms with E-state index in [2.05, 4.69) is 346 Å². The number of thiophene rings is 1. The second-order valence-corrected chi connectivity index (χ2v) is 35.0. The van der Waals surface area contributed by atoms with E-state index in [1.807, 2.05) is 11.3 Å². The third-order valence-electron chi connectivity index (χ3n) is 20.9. The molecule has 1 aliphatic heterocycles. The highest BCUT2D eigenvalue weighted by Crippen LogP contribution is 2.62. The minimum atomic E-state index is -0.0905. The van der Waals surface area contributed by atoms with Crippen LogP contribution in [0.15, 0.2) is 212 Å². The van der Waals surface area contributed by atoms with Crippen LogP contribution in [0.2, 0.25) is 0 Å². The van der Waals surface area contributed by atoms with E-state index in [0.717, 1.165) is 12.1 Å². The highest BCUT2D eigenvalue weighted by Gasteiger charge is 2.41. The molecule has 0 fully saturated rings. The van der Waals surface area contributed by atoms with Crippen molar-refractivity contribution >= 4 is 70.4 Å². The summed E-state index contributed by atoms with van der Waals surface area (Å²) in [5.41, 5.74) is 31.7. The Hall–Kier alpha value is -8.76. The molecule has 15 rings (SSSR count). The predicted octanol–water partition coefficient (Wildman–Crippen LogP) is 26.5. The first-order valence-electron chi connectivity index (χ1n) is 34.6. The summed E-state index contributed by atoms with van der Waals surface area (Å²) in [4.78, 5) is 2.78. The normalized spacial score (nSPS) is 14.5. The van der Waals surface area contributed by atoms with Crippen LogP contribution in [-0.4, -0.2) is 4.57 Å². The molecule has 11 aromatic carbocycles. The lowest BCUT2D eigenvalue weighted by Crippen LogP contribution is -2.27. The van der Waals surface area contributed by atoms with Gasteiger partial charge >= 0.3 is 0 Å². The highest BCUT2D eigenvalue weighted by molar-refractivity contribution is 7.26. The van der Waals surface area contributed by atoms with Crippen LogP contribution in [0.3, 0.4) is 0 Å². The first kappa shape index (κ1) is 62.4. The smallest absolute Gasteiger partial charge is 0.0633 e. The van der Waals surface area contributed by atoms with Crippen molar-refractivity contribution in [2.45, 2.75) is 169 Å². The Labute approximate surface area is 569 Å². The summed E-state index contributed by atoms with van der Waals surface area (Å²) in [6.45, 7) is 42.4. The number of aromatic nitrogens is 1. The van der Waals surface area contributed by atoms with Gasteiger partial charge in [-0.3, -0.25) is 0 Å². The van der Waals surface area contributed by atoms with Crippen molar-refractivity contribution in [3.8, 4) is 50.2 Å². The van der Waals surface area contributed by atoms with Crippen LogP contribution in [0, 0.1) is 0 Å². The molecule has 1 aliphatic carbocycles. The standard InChI is InChI=1S/C92H92N2S/c1-87(2,3)63-35-39-77-74(51-63)75-52-64(88(4,5)6)36-40-78(75)93(77)69-37-38-71-79(53-69)94(85-73(55-27-21-19-22-28-55)54-76-70-31-25-26-32-81(70)95-86(76)83(85)56-29-23-20-24-30-56)80-48-59(61-45-67(91(13,14)15)50-68(46-61)92(16,17)18)42-62-41-58-34-33-57(47-72(58)84(71)82(62)80)60-43-65(89(7,8)9)49-66(44-60)90(10,11)12/h19-40,42-54,84H,41H2,1-18H3. The van der Waals surface area contributed by atoms with Crippen LogP contribution in [0.5, 0.6) is 0 Å². The molecule has 3 heteroatoms. The van der Waals surface area contributed by atoms with Crippen LogP contribution < -0.4 is 4.90 Å². The number of nitrogens with zero attached hydrogens (tertiary/aromatic N) is 2. The maximum absolute atomic E-state index is 2.78. The molecule has 2 aromatic heterocycles. The van der Waals surface area contributed by atoms with Gasteiger partial charge in [-0.25, -0.2) is 0 Å². The Morgan fingerprint density at radius 2 is 0.842 bits per heavy atom. The molecule has 0 saturated heterocycles. The van der Waals surface area contributed by atoms with Gasteiger partial charge in [0.05, 0.1) is 28.1 Å². The fourth-order valence-electron chi connectivity index (χ4n) is 15.2. The number of rotatable bonds is 6. The lowest BCUT2D eigenvalue weighted by atomic mass is 9.70. The molecule has 0 radical (unpaired) electrons. The van der Waals surface area contributed by atoms with Crippen molar-refractivity contribution in [2.75, 3.05) is 4.90 Å². The fourth-order valence-corrected chi connectivity index (χ4v) is 16.5. The largest absolute Gasteiger partial charge is 0.309 e. The number of hydrogen-bond donors (Lipinski definition) is 0. The average Bonchev–Trinajstić information content (AvgIpc) is 1.58. The van der Waals surface area contributed by atoms with Crippen molar-refractivity contribution in [3.63, 3.8) is 0 Å². The van der Waals surface area contributed by atoms with E-state index in [9.17, 15) is 0 Å². The Morgan fingerprint density at radius 3 is 1.39 bits per heavy atom. The van der Waals surface area contributed by atoms with Crippen LogP contribution in [0.4, 0.5) is 17.1 Å². The fraction of sp³-hybridized carbons (Fsp3) is 0.283. The second-order valence-electron chi connectivity index (χ2n) is 33.9. The average molecular weight is 1260 g/mol. The maximum atomic E-state index is 2.78. The molecule has 0 spiro atoms. The quantitative estimate of drug-likeness (QED) is 0.161. The van der Waals surface area contributed by atoms with Crippen molar-refractivity contribution in [3.05, 3.63) is 274 Å². The zero-order valence-corrected chi connectivity index (χ0v) is 60.1. The van der Waals surface area contributed by atoms with Gasteiger partial charge in [0.2, 0.25) is 0 Å². The van der Waals surface area contributed by atoms with E-state index in [1.54, 1.807) is 0 Å². The minimum Gasteiger partial charge on any atom is -0.309 e. The molecule has 476 valence electrons. The first-order chi connectivity index (χ1) is 44.9. The molecule has 0 N–H and O–H groups in total. The SMILES string of the molecule is CC(C)(C)c1cc(-c2ccc3c(c2)C2c4ccc(-n5c6ccc(C(C)(C)C)cc6c6cc(C(C)(C)C)ccc65)cc4N(c4c(-c5ccccc5)cc5c(sc6ccccc65)c4-c4ccccc4)c4cc(-c5cc(C(C)(C)C)cc(C(C)(C)C)c5)cc(c42)C3)cc(C(C)(C)C)c1. The van der Waals surface area contributed by atoms with E-state index in [4.69, 9.17) is 0 Å². The summed E-state index contributed by atoms with van der Waals surface area (Å²) in [7, 11) is 0. The molecule has 3 heterocycles. The van der Waals surface area contributed by atoms with E-state index >= 15 is 0 Å². The van der Waals surface area contributed by atoms with E-state index in [0.29, 0.717) is 0 Å². The van der Waals surface area contributed by atoms with Crippen molar-refractivity contribution < 1.29 is 0 Å². The van der Waals surface area contributed by atoms with Gasteiger partial charge in [0.25, 0.3) is 0 Å². The second kappa shape index (κ2) is 21.9. The van der Waals surface area contributed by atoms with Crippen LogP contribution in [0.1, 0.15) is 192 Å². The predicted molar refractivity (Wildman–Crippen MR) is 412 cm³/mol. The monoisotopic (exact) mass is 1260 g/mol. The molecule has 0 saturated carbocycles. The highest BCUT2D eigenvalue weighted by atomic mass is 32.1. The summed E-state index contributed by atoms with van der Waals surface area (Å²) in [5, 5.41) is 5.13. The summed E-state index contributed by atoms with van der Waals surface area (Å²) >= 11 is 1.93. The van der Waals surface area contributed by atoms with Crippen LogP contribution in [0.25, 0.3) is 92.2 Å². The topological polar surface area (TPSA) is 8.17 Å². The number of fused-ring (bicyclic) bond motifs is 10. The van der Waals surface area contributed by atoms with Gasteiger partial charge in [0.15, 0.2) is 0 Å². The van der Waals surface area contributed by atoms with Gasteiger partial charge in [-0.2, -0.15) is 0 Å². The molecule has 1 unspecified atom stereocenters. The number of anilines is 3. The third kappa shape index (κ3) is 10.8. The van der Waals surface area contributed by atoms with Gasteiger partial charge in [-0.1, -0.05) is 276 Å². The summed E-state index contributed by atoms with van der Waals surface area (Å²) in [6, 6.07) is 84.0. The minimum absolute atomic E-state index is 0.0323. The van der Waals surface area contributed by atoms with Gasteiger partial charge < -0.3 is 9.47 Å². The van der Waals surface area contributed by atoms with Crippen molar-refractivity contribution in [1.82, 2.24) is 4.57 Å². The van der Waals surface area contributed by atoms with E-state index in [-0.39, 0.29) is 38.4 Å². The molecule has 1 atom stereocenters. The van der Waals surface area contributed by atoms with Crippen molar-refractivity contribution in [2.24, 2.45) is 0 Å². The molecule has 13 aromatic rings. The van der Waals surface area contributed by atoms with Gasteiger partial charge in [-0.15, -0.1) is 11.3 Å². The summed E-state index contributed by atoms with van der Waals surface area (Å²) in [5.74, 6) is -0.0905. The van der Waals surface area contributed by atoms with E-state index in [1.165, 1.54) is 165 Å². The lowest BCUT2D eigenvalue weighted by molar-refractivity contribution is 0.568. The Morgan fingerprint density at radius 1 is 0.337 bits per heavy atom. The summed E-state index contributed by atoms with van der Waals surface area (Å²) < 4.78 is 5.16.